The Morgan fingerprint density at radius 3 is 2.53 bits per heavy atom. The lowest BCUT2D eigenvalue weighted by molar-refractivity contribution is -0.173. The fourth-order valence-corrected chi connectivity index (χ4v) is 0.883. The van der Waals surface area contributed by atoms with E-state index in [1.165, 1.54) is 0 Å². The SMILES string of the molecule is CC(=NOCC(F)(F)F)c1cc[c]cc1. The van der Waals surface area contributed by atoms with Crippen molar-refractivity contribution in [1.29, 1.82) is 0 Å². The van der Waals surface area contributed by atoms with Crippen LogP contribution in [0.25, 0.3) is 0 Å². The first kappa shape index (κ1) is 11.6. The van der Waals surface area contributed by atoms with Crippen LogP contribution in [0.1, 0.15) is 12.5 Å². The normalized spacial score (nSPS) is 12.7. The van der Waals surface area contributed by atoms with Crippen LogP contribution in [0.4, 0.5) is 13.2 Å². The van der Waals surface area contributed by atoms with E-state index in [1.54, 1.807) is 31.2 Å². The number of hydrogen-bond acceptors (Lipinski definition) is 2. The lowest BCUT2D eigenvalue weighted by atomic mass is 10.1. The van der Waals surface area contributed by atoms with E-state index in [1.807, 2.05) is 0 Å². The third-order valence-corrected chi connectivity index (χ3v) is 1.57. The second kappa shape index (κ2) is 4.82. The second-order valence-corrected chi connectivity index (χ2v) is 2.85. The maximum atomic E-state index is 11.7. The highest BCUT2D eigenvalue weighted by Crippen LogP contribution is 2.14. The molecule has 0 aliphatic heterocycles. The Labute approximate surface area is 85.4 Å². The molecule has 0 spiro atoms. The van der Waals surface area contributed by atoms with Gasteiger partial charge in [-0.15, -0.1) is 0 Å². The molecular formula is C10H9F3NO. The van der Waals surface area contributed by atoms with Gasteiger partial charge in [0.25, 0.3) is 0 Å². The van der Waals surface area contributed by atoms with E-state index in [2.05, 4.69) is 16.1 Å². The van der Waals surface area contributed by atoms with Gasteiger partial charge in [0.2, 0.25) is 6.61 Å². The molecule has 15 heavy (non-hydrogen) atoms. The van der Waals surface area contributed by atoms with Crippen molar-refractivity contribution in [2.24, 2.45) is 5.16 Å². The van der Waals surface area contributed by atoms with Gasteiger partial charge in [-0.1, -0.05) is 29.4 Å². The Morgan fingerprint density at radius 2 is 2.00 bits per heavy atom. The van der Waals surface area contributed by atoms with Crippen LogP contribution >= 0.6 is 0 Å². The summed E-state index contributed by atoms with van der Waals surface area (Å²) in [7, 11) is 0. The van der Waals surface area contributed by atoms with Gasteiger partial charge in [0.1, 0.15) is 0 Å². The maximum Gasteiger partial charge on any atom is 0.425 e. The smallest absolute Gasteiger partial charge is 0.386 e. The largest absolute Gasteiger partial charge is 0.425 e. The van der Waals surface area contributed by atoms with Gasteiger partial charge < -0.3 is 4.84 Å². The molecule has 0 amide bonds. The first-order valence-corrected chi connectivity index (χ1v) is 4.19. The average Bonchev–Trinajstić information content (AvgIpc) is 2.17. The van der Waals surface area contributed by atoms with Crippen LogP contribution in [-0.4, -0.2) is 18.5 Å². The molecule has 0 saturated carbocycles. The lowest BCUT2D eigenvalue weighted by Gasteiger charge is -2.05. The quantitative estimate of drug-likeness (QED) is 0.562. The minimum Gasteiger partial charge on any atom is -0.386 e. The van der Waals surface area contributed by atoms with E-state index in [9.17, 15) is 13.2 Å². The summed E-state index contributed by atoms with van der Waals surface area (Å²) in [6, 6.07) is 9.47. The van der Waals surface area contributed by atoms with Crippen LogP contribution in [0.2, 0.25) is 0 Å². The van der Waals surface area contributed by atoms with Crippen molar-refractivity contribution in [3.63, 3.8) is 0 Å². The molecule has 1 radical (unpaired) electrons. The number of alkyl halides is 3. The number of oxime groups is 1. The zero-order valence-corrected chi connectivity index (χ0v) is 8.01. The highest BCUT2D eigenvalue weighted by molar-refractivity contribution is 5.98. The molecule has 0 fully saturated rings. The van der Waals surface area contributed by atoms with Gasteiger partial charge in [-0.05, 0) is 18.6 Å². The van der Waals surface area contributed by atoms with E-state index >= 15 is 0 Å². The van der Waals surface area contributed by atoms with Crippen molar-refractivity contribution in [3.05, 3.63) is 35.9 Å². The molecule has 0 atom stereocenters. The molecule has 0 saturated heterocycles. The molecule has 0 aliphatic carbocycles. The molecule has 0 aliphatic rings. The summed E-state index contributed by atoms with van der Waals surface area (Å²) >= 11 is 0. The van der Waals surface area contributed by atoms with Crippen molar-refractivity contribution >= 4 is 5.71 Å². The summed E-state index contributed by atoms with van der Waals surface area (Å²) in [4.78, 5) is 4.17. The van der Waals surface area contributed by atoms with Crippen molar-refractivity contribution < 1.29 is 18.0 Å². The predicted octanol–water partition coefficient (Wildman–Crippen LogP) is 2.79. The van der Waals surface area contributed by atoms with Gasteiger partial charge >= 0.3 is 6.18 Å². The Morgan fingerprint density at radius 1 is 1.40 bits per heavy atom. The molecule has 0 unspecified atom stereocenters. The fraction of sp³-hybridized carbons (Fsp3) is 0.300. The summed E-state index contributed by atoms with van der Waals surface area (Å²) < 4.78 is 35.1. The molecule has 1 aromatic carbocycles. The molecular weight excluding hydrogens is 207 g/mol. The summed E-state index contributed by atoms with van der Waals surface area (Å²) in [5.41, 5.74) is 1.10. The molecule has 81 valence electrons. The number of hydrogen-bond donors (Lipinski definition) is 0. The van der Waals surface area contributed by atoms with Crippen LogP contribution in [0.3, 0.4) is 0 Å². The maximum absolute atomic E-state index is 11.7. The topological polar surface area (TPSA) is 21.6 Å². The molecule has 0 aromatic heterocycles. The monoisotopic (exact) mass is 216 g/mol. The third-order valence-electron chi connectivity index (χ3n) is 1.57. The van der Waals surface area contributed by atoms with Gasteiger partial charge in [0.05, 0.1) is 5.71 Å². The lowest BCUT2D eigenvalue weighted by Crippen LogP contribution is -2.15. The predicted molar refractivity (Wildman–Crippen MR) is 49.5 cm³/mol. The summed E-state index contributed by atoms with van der Waals surface area (Å²) in [6.07, 6.45) is -4.35. The number of nitrogens with zero attached hydrogens (tertiary/aromatic N) is 1. The number of rotatable bonds is 3. The van der Waals surface area contributed by atoms with Crippen LogP contribution in [0.15, 0.2) is 29.4 Å². The molecule has 2 nitrogen and oxygen atoms in total. The zero-order chi connectivity index (χ0) is 11.3. The molecule has 1 aromatic rings. The van der Waals surface area contributed by atoms with Gasteiger partial charge in [-0.25, -0.2) is 0 Å². The standard InChI is InChI=1S/C10H9F3NO/c1-8(9-5-3-2-4-6-9)14-15-7-10(11,12)13/h3-6H,7H2,1H3. The molecule has 0 bridgehead atoms. The van der Waals surface area contributed by atoms with Gasteiger partial charge in [-0.3, -0.25) is 0 Å². The highest BCUT2D eigenvalue weighted by atomic mass is 19.4. The summed E-state index contributed by atoms with van der Waals surface area (Å²) in [5.74, 6) is 0. The molecule has 0 heterocycles. The number of benzene rings is 1. The Hall–Kier alpha value is -1.52. The van der Waals surface area contributed by atoms with Crippen LogP contribution in [0, 0.1) is 6.07 Å². The first-order chi connectivity index (χ1) is 6.99. The Kier molecular flexibility index (Phi) is 3.71. The first-order valence-electron chi connectivity index (χ1n) is 4.19. The van der Waals surface area contributed by atoms with Crippen LogP contribution in [0.5, 0.6) is 0 Å². The number of halogens is 3. The zero-order valence-electron chi connectivity index (χ0n) is 8.01. The van der Waals surface area contributed by atoms with Gasteiger partial charge in [0.15, 0.2) is 0 Å². The Bertz CT molecular complexity index is 332. The van der Waals surface area contributed by atoms with Gasteiger partial charge in [-0.2, -0.15) is 13.2 Å². The highest BCUT2D eigenvalue weighted by Gasteiger charge is 2.28. The van der Waals surface area contributed by atoms with Crippen molar-refractivity contribution in [3.8, 4) is 0 Å². The van der Waals surface area contributed by atoms with Crippen molar-refractivity contribution in [2.45, 2.75) is 13.1 Å². The van der Waals surface area contributed by atoms with E-state index in [0.29, 0.717) is 11.3 Å². The minimum atomic E-state index is -4.35. The van der Waals surface area contributed by atoms with Crippen molar-refractivity contribution in [1.82, 2.24) is 0 Å². The molecule has 1 rings (SSSR count). The second-order valence-electron chi connectivity index (χ2n) is 2.85. The Balaban J connectivity index is 2.54. The van der Waals surface area contributed by atoms with Crippen LogP contribution < -0.4 is 0 Å². The van der Waals surface area contributed by atoms with E-state index in [-0.39, 0.29) is 0 Å². The fourth-order valence-electron chi connectivity index (χ4n) is 0.883. The van der Waals surface area contributed by atoms with Crippen molar-refractivity contribution in [2.75, 3.05) is 6.61 Å². The summed E-state index contributed by atoms with van der Waals surface area (Å²) in [5, 5.41) is 3.36. The van der Waals surface area contributed by atoms with Crippen LogP contribution in [-0.2, 0) is 4.84 Å². The van der Waals surface area contributed by atoms with Gasteiger partial charge in [0, 0.05) is 0 Å². The minimum absolute atomic E-state index is 0.397. The van der Waals surface area contributed by atoms with E-state index in [4.69, 9.17) is 0 Å². The third kappa shape index (κ3) is 4.49. The molecule has 0 N–H and O–H groups in total. The average molecular weight is 216 g/mol. The van der Waals surface area contributed by atoms with E-state index in [0.717, 1.165) is 0 Å². The summed E-state index contributed by atoms with van der Waals surface area (Å²) in [6.45, 7) is 0.203. The van der Waals surface area contributed by atoms with E-state index < -0.39 is 12.8 Å². The molecule has 5 heteroatoms.